The van der Waals surface area contributed by atoms with Gasteiger partial charge in [0, 0.05) is 86.2 Å². The minimum Gasteiger partial charge on any atom is -0.364 e. The molecule has 2 aliphatic heterocycles. The van der Waals surface area contributed by atoms with E-state index in [1.807, 2.05) is 9.80 Å². The monoisotopic (exact) mass is 938 g/mol. The smallest absolute Gasteiger partial charge is 0.268 e. The standard InChI is InChI=1S/2C21H23Cl2F2N5O/c2*1-11-15(12-3-2-4-13(22)16(12)23)17(18(27)31)29-19(28-11)30-7-5-20(6-8-30)10-21(24,25)9-14(20)26/h2*2-4,14H,5-10,26H2,1H3,(H2,27,31)/t2*14-/m11/s1. The number of piperidine rings is 2. The molecule has 2 saturated carbocycles. The van der Waals surface area contributed by atoms with Crippen molar-refractivity contribution in [3.8, 4) is 22.3 Å². The van der Waals surface area contributed by atoms with E-state index in [1.165, 1.54) is 0 Å². The molecule has 20 heteroatoms. The van der Waals surface area contributed by atoms with Gasteiger partial charge in [-0.25, -0.2) is 37.5 Å². The third kappa shape index (κ3) is 8.87. The SMILES string of the molecule is Cc1nc(N2CCC3(CC2)CC(F)(F)C[C@H]3N)nc(C(N)=O)c1-c1cccc(Cl)c1Cl.Cc1nc(N2CCC3(CC2)CC(F)(F)C[C@H]3N)nc(C(N)=O)c1-c1cccc(Cl)c1Cl. The van der Waals surface area contributed by atoms with Crippen LogP contribution >= 0.6 is 46.4 Å². The average Bonchev–Trinajstić information content (AvgIpc) is 3.56. The topological polar surface area (TPSA) is 196 Å². The lowest BCUT2D eigenvalue weighted by Gasteiger charge is -2.41. The largest absolute Gasteiger partial charge is 0.364 e. The average molecular weight is 941 g/mol. The van der Waals surface area contributed by atoms with E-state index in [0.29, 0.717) is 107 Å². The number of primary amides is 2. The second kappa shape index (κ2) is 17.1. The van der Waals surface area contributed by atoms with Crippen molar-refractivity contribution in [1.29, 1.82) is 0 Å². The molecule has 62 heavy (non-hydrogen) atoms. The number of nitrogens with zero attached hydrogens (tertiary/aromatic N) is 6. The van der Waals surface area contributed by atoms with Gasteiger partial charge in [-0.1, -0.05) is 70.7 Å². The van der Waals surface area contributed by atoms with Crippen LogP contribution in [0.15, 0.2) is 36.4 Å². The van der Waals surface area contributed by atoms with Gasteiger partial charge < -0.3 is 32.7 Å². The maximum atomic E-state index is 13.9. The lowest BCUT2D eigenvalue weighted by molar-refractivity contribution is -0.00763. The molecule has 2 aromatic carbocycles. The summed E-state index contributed by atoms with van der Waals surface area (Å²) in [6, 6.07) is 9.10. The van der Waals surface area contributed by atoms with Gasteiger partial charge in [0.1, 0.15) is 11.4 Å². The molecular weight excluding hydrogens is 894 g/mol. The molecule has 8 rings (SSSR count). The summed E-state index contributed by atoms with van der Waals surface area (Å²) in [6.07, 6.45) is 1.13. The van der Waals surface area contributed by atoms with Gasteiger partial charge in [0.15, 0.2) is 0 Å². The highest BCUT2D eigenvalue weighted by Gasteiger charge is 2.56. The Kier molecular flexibility index (Phi) is 12.7. The van der Waals surface area contributed by atoms with E-state index >= 15 is 0 Å². The number of anilines is 2. The Labute approximate surface area is 376 Å². The number of hydrogen-bond donors (Lipinski definition) is 4. The van der Waals surface area contributed by atoms with Crippen LogP contribution in [-0.4, -0.2) is 81.9 Å². The van der Waals surface area contributed by atoms with E-state index in [9.17, 15) is 27.2 Å². The van der Waals surface area contributed by atoms with Gasteiger partial charge in [-0.05, 0) is 62.5 Å². The van der Waals surface area contributed by atoms with Crippen LogP contribution in [0.1, 0.15) is 83.7 Å². The number of alkyl halides is 4. The lowest BCUT2D eigenvalue weighted by Crippen LogP contribution is -2.47. The summed E-state index contributed by atoms with van der Waals surface area (Å²) in [5.41, 5.74) is 25.3. The highest BCUT2D eigenvalue weighted by atomic mass is 35.5. The molecule has 4 aliphatic rings. The normalized spacial score (nSPS) is 22.1. The van der Waals surface area contributed by atoms with E-state index in [1.54, 1.807) is 50.2 Å². The van der Waals surface area contributed by atoms with Crippen LogP contribution in [0.25, 0.3) is 22.3 Å². The Morgan fingerprint density at radius 1 is 0.613 bits per heavy atom. The molecule has 332 valence electrons. The van der Waals surface area contributed by atoms with Crippen molar-refractivity contribution in [2.75, 3.05) is 36.0 Å². The first-order chi connectivity index (χ1) is 29.1. The number of benzene rings is 2. The molecular formula is C42H46Cl4F4N10O2. The summed E-state index contributed by atoms with van der Waals surface area (Å²) >= 11 is 25.0. The van der Waals surface area contributed by atoms with Gasteiger partial charge in [0.25, 0.3) is 11.8 Å². The molecule has 2 aliphatic carbocycles. The number of carbonyl (C=O) groups is 2. The van der Waals surface area contributed by atoms with Crippen molar-refractivity contribution >= 4 is 70.1 Å². The fourth-order valence-electron chi connectivity index (χ4n) is 9.71. The molecule has 0 unspecified atom stereocenters. The zero-order valence-electron chi connectivity index (χ0n) is 33.9. The van der Waals surface area contributed by atoms with Crippen LogP contribution < -0.4 is 32.7 Å². The second-order valence-corrected chi connectivity index (χ2v) is 18.6. The summed E-state index contributed by atoms with van der Waals surface area (Å²) in [5, 5.41) is 1.23. The zero-order valence-corrected chi connectivity index (χ0v) is 37.0. The number of halogens is 8. The van der Waals surface area contributed by atoms with Gasteiger partial charge in [0.2, 0.25) is 23.7 Å². The molecule has 4 aromatic rings. The Hall–Kier alpha value is -4.06. The molecule has 2 spiro atoms. The van der Waals surface area contributed by atoms with Crippen molar-refractivity contribution in [3.05, 3.63) is 79.3 Å². The highest BCUT2D eigenvalue weighted by Crippen LogP contribution is 2.54. The van der Waals surface area contributed by atoms with Gasteiger partial charge in [0.05, 0.1) is 31.5 Å². The second-order valence-electron chi connectivity index (χ2n) is 17.0. The third-order valence-corrected chi connectivity index (χ3v) is 14.6. The van der Waals surface area contributed by atoms with Crippen LogP contribution in [-0.2, 0) is 0 Å². The van der Waals surface area contributed by atoms with Crippen LogP contribution in [0.4, 0.5) is 29.5 Å². The molecule has 2 aromatic heterocycles. The number of hydrogen-bond acceptors (Lipinski definition) is 10. The van der Waals surface area contributed by atoms with Gasteiger partial charge >= 0.3 is 0 Å². The van der Waals surface area contributed by atoms with Gasteiger partial charge in [-0.2, -0.15) is 0 Å². The summed E-state index contributed by atoms with van der Waals surface area (Å²) in [7, 11) is 0. The fourth-order valence-corrected chi connectivity index (χ4v) is 10.5. The molecule has 2 amide bonds. The van der Waals surface area contributed by atoms with Crippen molar-refractivity contribution in [3.63, 3.8) is 0 Å². The predicted octanol–water partition coefficient (Wildman–Crippen LogP) is 8.40. The summed E-state index contributed by atoms with van der Waals surface area (Å²) in [5.74, 6) is -6.20. The Morgan fingerprint density at radius 2 is 0.952 bits per heavy atom. The number of aryl methyl sites for hydroxylation is 2. The van der Waals surface area contributed by atoms with Crippen molar-refractivity contribution in [2.45, 2.75) is 89.1 Å². The minimum absolute atomic E-state index is 0.0380. The first-order valence-corrected chi connectivity index (χ1v) is 21.6. The molecule has 2 atom stereocenters. The number of aromatic nitrogens is 4. The Morgan fingerprint density at radius 3 is 1.24 bits per heavy atom. The molecule has 4 heterocycles. The first-order valence-electron chi connectivity index (χ1n) is 20.1. The van der Waals surface area contributed by atoms with Crippen LogP contribution in [0.5, 0.6) is 0 Å². The first kappa shape index (κ1) is 45.9. The highest BCUT2D eigenvalue weighted by molar-refractivity contribution is 6.44. The van der Waals surface area contributed by atoms with Crippen LogP contribution in [0.3, 0.4) is 0 Å². The maximum absolute atomic E-state index is 13.9. The maximum Gasteiger partial charge on any atom is 0.268 e. The van der Waals surface area contributed by atoms with E-state index in [4.69, 9.17) is 69.3 Å². The van der Waals surface area contributed by atoms with E-state index in [2.05, 4.69) is 19.9 Å². The molecule has 12 nitrogen and oxygen atoms in total. The van der Waals surface area contributed by atoms with Crippen LogP contribution in [0, 0.1) is 24.7 Å². The number of nitrogens with two attached hydrogens (primary N) is 4. The van der Waals surface area contributed by atoms with Gasteiger partial charge in [-0.15, -0.1) is 0 Å². The fraction of sp³-hybridized carbons (Fsp3) is 0.476. The molecule has 8 N–H and O–H groups in total. The quantitative estimate of drug-likeness (QED) is 0.136. The summed E-state index contributed by atoms with van der Waals surface area (Å²) < 4.78 is 55.7. The van der Waals surface area contributed by atoms with Crippen molar-refractivity contribution in [1.82, 2.24) is 19.9 Å². The Bertz CT molecular complexity index is 2250. The van der Waals surface area contributed by atoms with Crippen LogP contribution in [0.2, 0.25) is 20.1 Å². The minimum atomic E-state index is -2.72. The van der Waals surface area contributed by atoms with Crippen molar-refractivity contribution in [2.24, 2.45) is 33.8 Å². The predicted molar refractivity (Wildman–Crippen MR) is 234 cm³/mol. The summed E-state index contributed by atoms with van der Waals surface area (Å²) in [6.45, 7) is 5.36. The summed E-state index contributed by atoms with van der Waals surface area (Å²) in [4.78, 5) is 46.2. The Balaban J connectivity index is 0.000000186. The van der Waals surface area contributed by atoms with E-state index in [-0.39, 0.29) is 47.1 Å². The van der Waals surface area contributed by atoms with Gasteiger partial charge in [-0.3, -0.25) is 9.59 Å². The molecule has 4 fully saturated rings. The molecule has 0 bridgehead atoms. The number of rotatable bonds is 6. The van der Waals surface area contributed by atoms with E-state index < -0.39 is 46.6 Å². The van der Waals surface area contributed by atoms with Crippen molar-refractivity contribution < 1.29 is 27.2 Å². The zero-order chi connectivity index (χ0) is 45.1. The third-order valence-electron chi connectivity index (χ3n) is 13.0. The number of amides is 2. The molecule has 2 saturated heterocycles. The molecule has 0 radical (unpaired) electrons. The number of carbonyl (C=O) groups excluding carboxylic acids is 2. The lowest BCUT2D eigenvalue weighted by atomic mass is 9.74. The van der Waals surface area contributed by atoms with E-state index in [0.717, 1.165) is 0 Å².